The van der Waals surface area contributed by atoms with Crippen molar-refractivity contribution >= 4 is 5.82 Å². The van der Waals surface area contributed by atoms with Crippen LogP contribution >= 0.6 is 0 Å². The molecule has 6 heteroatoms. The van der Waals surface area contributed by atoms with Gasteiger partial charge >= 0.3 is 0 Å². The van der Waals surface area contributed by atoms with E-state index in [9.17, 15) is 0 Å². The number of benzene rings is 1. The van der Waals surface area contributed by atoms with Crippen LogP contribution in [0, 0.1) is 0 Å². The third-order valence-electron chi connectivity index (χ3n) is 2.83. The molecule has 0 bridgehead atoms. The number of aromatic nitrogens is 2. The molecule has 0 aliphatic carbocycles. The van der Waals surface area contributed by atoms with Gasteiger partial charge in [-0.3, -0.25) is 5.10 Å². The second-order valence-electron chi connectivity index (χ2n) is 3.86. The molecule has 1 aliphatic heterocycles. The molecule has 1 aromatic carbocycles. The molecule has 0 amide bonds. The predicted octanol–water partition coefficient (Wildman–Crippen LogP) is 1.44. The number of anilines is 1. The van der Waals surface area contributed by atoms with E-state index in [2.05, 4.69) is 10.2 Å². The maximum atomic E-state index is 5.86. The minimum atomic E-state index is 0.468. The van der Waals surface area contributed by atoms with Crippen LogP contribution in [0.4, 0.5) is 5.82 Å². The molecule has 1 aliphatic rings. The SMILES string of the molecule is COc1ccc2c(c1-c1cn[nH]c1N)OCCO2. The normalized spacial score (nSPS) is 13.4. The van der Waals surface area contributed by atoms with Gasteiger partial charge in [-0.25, -0.2) is 0 Å². The lowest BCUT2D eigenvalue weighted by Crippen LogP contribution is -2.16. The highest BCUT2D eigenvalue weighted by atomic mass is 16.6. The number of hydrogen-bond acceptors (Lipinski definition) is 5. The summed E-state index contributed by atoms with van der Waals surface area (Å²) in [6.45, 7) is 1.05. The summed E-state index contributed by atoms with van der Waals surface area (Å²) in [7, 11) is 1.60. The Bertz CT molecular complexity index is 580. The summed E-state index contributed by atoms with van der Waals surface area (Å²) in [5.74, 6) is 2.48. The van der Waals surface area contributed by atoms with E-state index in [1.165, 1.54) is 0 Å². The van der Waals surface area contributed by atoms with Crippen LogP contribution in [0.15, 0.2) is 18.3 Å². The van der Waals surface area contributed by atoms with Crippen molar-refractivity contribution in [2.75, 3.05) is 26.1 Å². The smallest absolute Gasteiger partial charge is 0.173 e. The number of fused-ring (bicyclic) bond motifs is 1. The maximum Gasteiger partial charge on any atom is 0.173 e. The van der Waals surface area contributed by atoms with Crippen molar-refractivity contribution < 1.29 is 14.2 Å². The van der Waals surface area contributed by atoms with E-state index in [4.69, 9.17) is 19.9 Å². The van der Waals surface area contributed by atoms with Gasteiger partial charge in [-0.05, 0) is 12.1 Å². The first-order valence-electron chi connectivity index (χ1n) is 5.57. The summed E-state index contributed by atoms with van der Waals surface area (Å²) < 4.78 is 16.6. The van der Waals surface area contributed by atoms with Crippen LogP contribution in [-0.2, 0) is 0 Å². The molecule has 0 atom stereocenters. The summed E-state index contributed by atoms with van der Waals surface area (Å²) in [5, 5.41) is 6.62. The molecule has 0 saturated carbocycles. The Morgan fingerprint density at radius 3 is 2.89 bits per heavy atom. The molecule has 2 heterocycles. The fraction of sp³-hybridized carbons (Fsp3) is 0.250. The van der Waals surface area contributed by atoms with E-state index in [0.717, 1.165) is 11.1 Å². The average molecular weight is 247 g/mol. The number of rotatable bonds is 2. The van der Waals surface area contributed by atoms with Gasteiger partial charge in [0.15, 0.2) is 11.5 Å². The second kappa shape index (κ2) is 4.14. The van der Waals surface area contributed by atoms with Gasteiger partial charge in [0.2, 0.25) is 0 Å². The van der Waals surface area contributed by atoms with Crippen LogP contribution in [0.1, 0.15) is 0 Å². The predicted molar refractivity (Wildman–Crippen MR) is 66.0 cm³/mol. The second-order valence-corrected chi connectivity index (χ2v) is 3.86. The van der Waals surface area contributed by atoms with E-state index in [0.29, 0.717) is 36.3 Å². The first kappa shape index (κ1) is 10.8. The Balaban J connectivity index is 2.25. The highest BCUT2D eigenvalue weighted by Gasteiger charge is 2.23. The van der Waals surface area contributed by atoms with Crippen molar-refractivity contribution in [3.8, 4) is 28.4 Å². The largest absolute Gasteiger partial charge is 0.496 e. The first-order chi connectivity index (χ1) is 8.81. The fourth-order valence-electron chi connectivity index (χ4n) is 2.02. The van der Waals surface area contributed by atoms with Gasteiger partial charge in [0.1, 0.15) is 24.8 Å². The summed E-state index contributed by atoms with van der Waals surface area (Å²) in [6, 6.07) is 3.66. The molecule has 6 nitrogen and oxygen atoms in total. The van der Waals surface area contributed by atoms with Gasteiger partial charge < -0.3 is 19.9 Å². The molecule has 1 aromatic heterocycles. The lowest BCUT2D eigenvalue weighted by Gasteiger charge is -2.22. The molecule has 0 radical (unpaired) electrons. The highest BCUT2D eigenvalue weighted by molar-refractivity contribution is 5.85. The van der Waals surface area contributed by atoms with Gasteiger partial charge in [-0.2, -0.15) is 5.10 Å². The Morgan fingerprint density at radius 1 is 1.33 bits per heavy atom. The van der Waals surface area contributed by atoms with Crippen molar-refractivity contribution in [1.82, 2.24) is 10.2 Å². The Kier molecular flexibility index (Phi) is 2.47. The third-order valence-corrected chi connectivity index (χ3v) is 2.83. The van der Waals surface area contributed by atoms with E-state index < -0.39 is 0 Å². The number of methoxy groups -OCH3 is 1. The molecule has 0 spiro atoms. The zero-order valence-corrected chi connectivity index (χ0v) is 9.90. The van der Waals surface area contributed by atoms with Gasteiger partial charge in [-0.15, -0.1) is 0 Å². The molecule has 0 unspecified atom stereocenters. The average Bonchev–Trinajstić information content (AvgIpc) is 2.83. The standard InChI is InChI=1S/C12H13N3O3/c1-16-8-2-3-9-11(18-5-4-17-9)10(8)7-6-14-15-12(7)13/h2-3,6H,4-5H2,1H3,(H3,13,14,15). The molecular formula is C12H13N3O3. The van der Waals surface area contributed by atoms with Crippen molar-refractivity contribution in [3.05, 3.63) is 18.3 Å². The van der Waals surface area contributed by atoms with Gasteiger partial charge in [0.05, 0.1) is 24.4 Å². The number of nitrogens with two attached hydrogens (primary N) is 1. The van der Waals surface area contributed by atoms with Gasteiger partial charge in [0.25, 0.3) is 0 Å². The molecule has 94 valence electrons. The number of ether oxygens (including phenoxy) is 3. The molecule has 2 aromatic rings. The topological polar surface area (TPSA) is 82.4 Å². The molecule has 3 rings (SSSR count). The van der Waals surface area contributed by atoms with Crippen LogP contribution in [0.25, 0.3) is 11.1 Å². The maximum absolute atomic E-state index is 5.86. The van der Waals surface area contributed by atoms with E-state index in [-0.39, 0.29) is 0 Å². The van der Waals surface area contributed by atoms with Crippen LogP contribution in [0.5, 0.6) is 17.2 Å². The lowest BCUT2D eigenvalue weighted by molar-refractivity contribution is 0.171. The van der Waals surface area contributed by atoms with Crippen molar-refractivity contribution in [1.29, 1.82) is 0 Å². The monoisotopic (exact) mass is 247 g/mol. The summed E-state index contributed by atoms with van der Waals surface area (Å²) in [6.07, 6.45) is 1.64. The highest BCUT2D eigenvalue weighted by Crippen LogP contribution is 2.46. The molecule has 0 saturated heterocycles. The van der Waals surface area contributed by atoms with Crippen LogP contribution in [0.3, 0.4) is 0 Å². The zero-order valence-electron chi connectivity index (χ0n) is 9.90. The quantitative estimate of drug-likeness (QED) is 0.839. The molecule has 0 fully saturated rings. The van der Waals surface area contributed by atoms with Crippen LogP contribution < -0.4 is 19.9 Å². The molecule has 3 N–H and O–H groups in total. The van der Waals surface area contributed by atoms with Gasteiger partial charge in [0, 0.05) is 0 Å². The molecular weight excluding hydrogens is 234 g/mol. The van der Waals surface area contributed by atoms with Crippen molar-refractivity contribution in [2.45, 2.75) is 0 Å². The van der Waals surface area contributed by atoms with E-state index >= 15 is 0 Å². The number of hydrogen-bond donors (Lipinski definition) is 2. The van der Waals surface area contributed by atoms with Crippen molar-refractivity contribution in [2.24, 2.45) is 0 Å². The minimum Gasteiger partial charge on any atom is -0.496 e. The third kappa shape index (κ3) is 1.54. The number of nitrogens with one attached hydrogen (secondary N) is 1. The number of aromatic amines is 1. The van der Waals surface area contributed by atoms with Crippen LogP contribution in [-0.4, -0.2) is 30.5 Å². The zero-order chi connectivity index (χ0) is 12.5. The van der Waals surface area contributed by atoms with Crippen molar-refractivity contribution in [3.63, 3.8) is 0 Å². The van der Waals surface area contributed by atoms with E-state index in [1.807, 2.05) is 12.1 Å². The van der Waals surface area contributed by atoms with Gasteiger partial charge in [-0.1, -0.05) is 0 Å². The first-order valence-corrected chi connectivity index (χ1v) is 5.57. The number of nitrogens with zero attached hydrogens (tertiary/aromatic N) is 1. The summed E-state index contributed by atoms with van der Waals surface area (Å²) in [5.41, 5.74) is 7.37. The Hall–Kier alpha value is -2.37. The molecule has 18 heavy (non-hydrogen) atoms. The van der Waals surface area contributed by atoms with E-state index in [1.54, 1.807) is 13.3 Å². The lowest BCUT2D eigenvalue weighted by atomic mass is 10.0. The summed E-state index contributed by atoms with van der Waals surface area (Å²) >= 11 is 0. The Labute approximate surface area is 104 Å². The number of nitrogen functional groups attached to an aromatic ring is 1. The number of H-pyrrole nitrogens is 1. The Morgan fingerprint density at radius 2 is 2.17 bits per heavy atom. The minimum absolute atomic E-state index is 0.468. The fourth-order valence-corrected chi connectivity index (χ4v) is 2.02. The summed E-state index contributed by atoms with van der Waals surface area (Å²) in [4.78, 5) is 0. The van der Waals surface area contributed by atoms with Crippen LogP contribution in [0.2, 0.25) is 0 Å².